The topological polar surface area (TPSA) is 148 Å². The highest BCUT2D eigenvalue weighted by Crippen LogP contribution is 2.29. The predicted molar refractivity (Wildman–Crippen MR) is 81.7 cm³/mol. The van der Waals surface area contributed by atoms with E-state index in [1.807, 2.05) is 0 Å². The Morgan fingerprint density at radius 1 is 1.00 bits per heavy atom. The van der Waals surface area contributed by atoms with E-state index in [-0.39, 0.29) is 17.7 Å². The molecule has 0 atom stereocenters. The predicted octanol–water partition coefficient (Wildman–Crippen LogP) is 2.12. The van der Waals surface area contributed by atoms with Gasteiger partial charge in [-0.2, -0.15) is 0 Å². The van der Waals surface area contributed by atoms with Gasteiger partial charge in [-0.3, -0.25) is 25.0 Å². The molecule has 1 fully saturated rings. The first kappa shape index (κ1) is 19.9. The maximum absolute atomic E-state index is 12.7. The first-order valence-electron chi connectivity index (χ1n) is 7.11. The molecule has 0 amide bonds. The molecule has 1 aliphatic rings. The Morgan fingerprint density at radius 3 is 2.04 bits per heavy atom. The van der Waals surface area contributed by atoms with Crippen molar-refractivity contribution >= 4 is 17.7 Å². The van der Waals surface area contributed by atoms with Crippen molar-refractivity contribution < 1.29 is 32.9 Å². The van der Waals surface area contributed by atoms with Crippen molar-refractivity contribution in [2.24, 2.45) is 0 Å². The van der Waals surface area contributed by atoms with Crippen LogP contribution in [0.15, 0.2) is 24.5 Å². The van der Waals surface area contributed by atoms with E-state index in [2.05, 4.69) is 9.97 Å². The first-order valence-corrected chi connectivity index (χ1v) is 7.11. The van der Waals surface area contributed by atoms with Gasteiger partial charge in [0.15, 0.2) is 17.7 Å². The van der Waals surface area contributed by atoms with Gasteiger partial charge in [0, 0.05) is 0 Å². The molecule has 0 radical (unpaired) electrons. The Hall–Kier alpha value is -3.45. The van der Waals surface area contributed by atoms with E-state index in [0.29, 0.717) is 19.3 Å². The zero-order chi connectivity index (χ0) is 20.0. The number of rotatable bonds is 4. The van der Waals surface area contributed by atoms with Gasteiger partial charge in [-0.05, 0) is 0 Å². The van der Waals surface area contributed by atoms with E-state index in [1.165, 1.54) is 0 Å². The standard InChI is InChI=1S/C8H7FN2O4.C6H3FN2O3/c9-5-3-6(11(12)13)7(10-4-5)8-14-1-2-15-8;7-4-1-6(9(11)12)5(3-10)8-2-4/h3-4,8H,1-2H2;1-3H. The summed E-state index contributed by atoms with van der Waals surface area (Å²) < 4.78 is 35.2. The van der Waals surface area contributed by atoms with E-state index in [4.69, 9.17) is 9.47 Å². The van der Waals surface area contributed by atoms with Crippen molar-refractivity contribution in [3.05, 3.63) is 67.8 Å². The molecule has 2 aromatic heterocycles. The number of ether oxygens (including phenoxy) is 2. The number of hydrogen-bond donors (Lipinski definition) is 0. The Kier molecular flexibility index (Phi) is 6.46. The van der Waals surface area contributed by atoms with Crippen molar-refractivity contribution in [2.45, 2.75) is 6.29 Å². The minimum atomic E-state index is -0.869. The molecule has 0 aromatic carbocycles. The van der Waals surface area contributed by atoms with Crippen molar-refractivity contribution in [2.75, 3.05) is 13.2 Å². The molecule has 3 rings (SSSR count). The molecule has 13 heteroatoms. The van der Waals surface area contributed by atoms with Gasteiger partial charge in [-0.15, -0.1) is 0 Å². The lowest BCUT2D eigenvalue weighted by Crippen LogP contribution is -2.06. The Bertz CT molecular complexity index is 875. The van der Waals surface area contributed by atoms with E-state index < -0.39 is 39.1 Å². The summed E-state index contributed by atoms with van der Waals surface area (Å²) in [4.78, 5) is 36.2. The second-order valence-corrected chi connectivity index (χ2v) is 4.82. The quantitative estimate of drug-likeness (QED) is 0.439. The molecule has 0 N–H and O–H groups in total. The van der Waals surface area contributed by atoms with Gasteiger partial charge in [0.1, 0.15) is 11.6 Å². The van der Waals surface area contributed by atoms with Gasteiger partial charge >= 0.3 is 5.69 Å². The molecule has 0 aliphatic carbocycles. The van der Waals surface area contributed by atoms with Crippen molar-refractivity contribution in [3.63, 3.8) is 0 Å². The molecule has 0 saturated carbocycles. The highest BCUT2D eigenvalue weighted by Gasteiger charge is 2.28. The third kappa shape index (κ3) is 5.02. The molecule has 2 aromatic rings. The highest BCUT2D eigenvalue weighted by molar-refractivity contribution is 5.78. The Labute approximate surface area is 148 Å². The molecule has 0 bridgehead atoms. The lowest BCUT2D eigenvalue weighted by Gasteiger charge is -2.07. The van der Waals surface area contributed by atoms with Crippen LogP contribution in [-0.2, 0) is 9.47 Å². The normalized spacial score (nSPS) is 13.6. The van der Waals surface area contributed by atoms with E-state index in [9.17, 15) is 33.8 Å². The number of pyridine rings is 2. The molecular formula is C14H10F2N4O7. The zero-order valence-electron chi connectivity index (χ0n) is 13.3. The third-order valence-electron chi connectivity index (χ3n) is 3.08. The molecule has 1 saturated heterocycles. The zero-order valence-corrected chi connectivity index (χ0v) is 13.3. The van der Waals surface area contributed by atoms with Crippen molar-refractivity contribution in [3.8, 4) is 0 Å². The second kappa shape index (κ2) is 8.77. The lowest BCUT2D eigenvalue weighted by atomic mass is 10.3. The van der Waals surface area contributed by atoms with Crippen LogP contribution in [0.2, 0.25) is 0 Å². The smallest absolute Gasteiger partial charge is 0.301 e. The van der Waals surface area contributed by atoms with Crippen LogP contribution in [0.25, 0.3) is 0 Å². The minimum Gasteiger partial charge on any atom is -0.344 e. The molecule has 0 unspecified atom stereocenters. The van der Waals surface area contributed by atoms with Crippen LogP contribution in [0.5, 0.6) is 0 Å². The monoisotopic (exact) mass is 384 g/mol. The number of halogens is 2. The van der Waals surface area contributed by atoms with Crippen LogP contribution in [-0.4, -0.2) is 39.3 Å². The number of aromatic nitrogens is 2. The van der Waals surface area contributed by atoms with Gasteiger partial charge in [0.05, 0.1) is 47.6 Å². The van der Waals surface area contributed by atoms with Crippen LogP contribution in [0.1, 0.15) is 22.5 Å². The summed E-state index contributed by atoms with van der Waals surface area (Å²) in [7, 11) is 0. The Balaban J connectivity index is 0.000000199. The van der Waals surface area contributed by atoms with Crippen LogP contribution < -0.4 is 0 Å². The van der Waals surface area contributed by atoms with Gasteiger partial charge in [0.25, 0.3) is 5.69 Å². The average Bonchev–Trinajstić information content (AvgIpc) is 3.16. The summed E-state index contributed by atoms with van der Waals surface area (Å²) >= 11 is 0. The number of nitro groups is 2. The molecule has 3 heterocycles. The van der Waals surface area contributed by atoms with E-state index >= 15 is 0 Å². The number of carbonyl (C=O) groups excluding carboxylic acids is 1. The van der Waals surface area contributed by atoms with Gasteiger partial charge in [-0.1, -0.05) is 0 Å². The molecule has 0 spiro atoms. The highest BCUT2D eigenvalue weighted by atomic mass is 19.1. The molecule has 142 valence electrons. The number of hydrogen-bond acceptors (Lipinski definition) is 9. The van der Waals surface area contributed by atoms with Gasteiger partial charge in [-0.25, -0.2) is 18.7 Å². The summed E-state index contributed by atoms with van der Waals surface area (Å²) in [6.45, 7) is 0.696. The lowest BCUT2D eigenvalue weighted by molar-refractivity contribution is -0.387. The summed E-state index contributed by atoms with van der Waals surface area (Å²) in [5.74, 6) is -1.60. The van der Waals surface area contributed by atoms with Crippen LogP contribution in [0.3, 0.4) is 0 Å². The molecule has 1 aliphatic heterocycles. The van der Waals surface area contributed by atoms with E-state index in [1.54, 1.807) is 0 Å². The van der Waals surface area contributed by atoms with Gasteiger partial charge < -0.3 is 9.47 Å². The van der Waals surface area contributed by atoms with Crippen LogP contribution in [0.4, 0.5) is 20.2 Å². The fraction of sp³-hybridized carbons (Fsp3) is 0.214. The average molecular weight is 384 g/mol. The number of nitrogens with zero attached hydrogens (tertiary/aromatic N) is 4. The summed E-state index contributed by atoms with van der Waals surface area (Å²) in [6.07, 6.45) is 0.979. The van der Waals surface area contributed by atoms with Crippen molar-refractivity contribution in [1.82, 2.24) is 9.97 Å². The fourth-order valence-corrected chi connectivity index (χ4v) is 1.96. The third-order valence-corrected chi connectivity index (χ3v) is 3.08. The molecule has 27 heavy (non-hydrogen) atoms. The SMILES string of the molecule is O=Cc1ncc(F)cc1[N+](=O)[O-].O=[N+]([O-])c1cc(F)cnc1C1OCCO1. The Morgan fingerprint density at radius 2 is 1.52 bits per heavy atom. The fourth-order valence-electron chi connectivity index (χ4n) is 1.96. The maximum Gasteiger partial charge on any atom is 0.301 e. The number of carbonyl (C=O) groups is 1. The largest absolute Gasteiger partial charge is 0.344 e. The number of aldehydes is 1. The first-order chi connectivity index (χ1) is 12.8. The van der Waals surface area contributed by atoms with Crippen LogP contribution in [0, 0.1) is 31.9 Å². The minimum absolute atomic E-state index is 0.00102. The summed E-state index contributed by atoms with van der Waals surface area (Å²) in [5, 5.41) is 20.8. The van der Waals surface area contributed by atoms with E-state index in [0.717, 1.165) is 18.5 Å². The summed E-state index contributed by atoms with van der Waals surface area (Å²) in [6, 6.07) is 1.45. The van der Waals surface area contributed by atoms with Crippen molar-refractivity contribution in [1.29, 1.82) is 0 Å². The summed E-state index contributed by atoms with van der Waals surface area (Å²) in [5.41, 5.74) is -1.42. The van der Waals surface area contributed by atoms with Crippen LogP contribution >= 0.6 is 0 Å². The molecule has 11 nitrogen and oxygen atoms in total. The second-order valence-electron chi connectivity index (χ2n) is 4.82. The maximum atomic E-state index is 12.7. The van der Waals surface area contributed by atoms with Gasteiger partial charge in [0.2, 0.25) is 6.29 Å². The molecular weight excluding hydrogens is 374 g/mol.